The molecule has 0 amide bonds. The van der Waals surface area contributed by atoms with Crippen LogP contribution in [-0.2, 0) is 14.4 Å². The normalized spacial score (nSPS) is 11.2. The van der Waals surface area contributed by atoms with Crippen molar-refractivity contribution < 1.29 is 29.7 Å². The Labute approximate surface area is 136 Å². The van der Waals surface area contributed by atoms with Crippen molar-refractivity contribution in [2.24, 2.45) is 5.73 Å². The lowest BCUT2D eigenvalue weighted by atomic mass is 10.1. The van der Waals surface area contributed by atoms with E-state index in [1.807, 2.05) is 0 Å². The summed E-state index contributed by atoms with van der Waals surface area (Å²) in [7, 11) is 0. The maximum atomic E-state index is 10.9. The molecule has 0 unspecified atom stereocenters. The lowest BCUT2D eigenvalue weighted by Gasteiger charge is -2.15. The maximum Gasteiger partial charge on any atom is 0.322 e. The number of nitrogens with two attached hydrogens (primary N) is 1. The zero-order valence-corrected chi connectivity index (χ0v) is 13.6. The number of aliphatic carboxylic acids is 3. The van der Waals surface area contributed by atoms with Gasteiger partial charge < -0.3 is 21.1 Å². The van der Waals surface area contributed by atoms with Gasteiger partial charge in [0.1, 0.15) is 6.04 Å². The molecule has 23 heavy (non-hydrogen) atoms. The third-order valence-electron chi connectivity index (χ3n) is 2.71. The van der Waals surface area contributed by atoms with Crippen LogP contribution in [0.2, 0.25) is 0 Å². The van der Waals surface area contributed by atoms with Crippen molar-refractivity contribution in [2.75, 3.05) is 13.1 Å². The van der Waals surface area contributed by atoms with Crippen LogP contribution in [0.1, 0.15) is 51.9 Å². The van der Waals surface area contributed by atoms with E-state index in [0.29, 0.717) is 25.9 Å². The molecular weight excluding hydrogens is 306 g/mol. The van der Waals surface area contributed by atoms with Crippen molar-refractivity contribution in [1.29, 1.82) is 0 Å². The first-order valence-electron chi connectivity index (χ1n) is 7.63. The standard InChI is InChI=1S/C12H25N3O4.C2H4O2/c13-8-4-3-6-10(12(18)19)15-14-9-5-1-2-7-11(16)17;1-2(3)4/h10,14-15H,1-9,13H2,(H,16,17)(H,18,19);1H3,(H,3,4)/t10-;/m0./s1. The van der Waals surface area contributed by atoms with Crippen LogP contribution < -0.4 is 16.6 Å². The fourth-order valence-corrected chi connectivity index (χ4v) is 1.61. The molecule has 9 heteroatoms. The molecular formula is C14H29N3O6. The van der Waals surface area contributed by atoms with Crippen molar-refractivity contribution in [2.45, 2.75) is 57.9 Å². The number of carbonyl (C=O) groups is 3. The van der Waals surface area contributed by atoms with Gasteiger partial charge in [-0.2, -0.15) is 0 Å². The number of hydrogen-bond donors (Lipinski definition) is 6. The van der Waals surface area contributed by atoms with Gasteiger partial charge >= 0.3 is 11.9 Å². The fraction of sp³-hybridized carbons (Fsp3) is 0.786. The molecule has 0 aromatic heterocycles. The molecule has 0 saturated heterocycles. The second-order valence-corrected chi connectivity index (χ2v) is 4.97. The number of rotatable bonds is 13. The molecule has 0 saturated carbocycles. The highest BCUT2D eigenvalue weighted by Crippen LogP contribution is 2.00. The minimum atomic E-state index is -0.879. The summed E-state index contributed by atoms with van der Waals surface area (Å²) in [6.45, 7) is 2.28. The highest BCUT2D eigenvalue weighted by atomic mass is 16.4. The van der Waals surface area contributed by atoms with E-state index >= 15 is 0 Å². The maximum absolute atomic E-state index is 10.9. The predicted molar refractivity (Wildman–Crippen MR) is 84.9 cm³/mol. The van der Waals surface area contributed by atoms with Gasteiger partial charge in [-0.05, 0) is 38.6 Å². The molecule has 1 atom stereocenters. The second kappa shape index (κ2) is 16.7. The van der Waals surface area contributed by atoms with Crippen LogP contribution in [0.25, 0.3) is 0 Å². The number of nitrogens with one attached hydrogen (secondary N) is 2. The molecule has 0 heterocycles. The summed E-state index contributed by atoms with van der Waals surface area (Å²) < 4.78 is 0. The van der Waals surface area contributed by atoms with Crippen LogP contribution in [0.4, 0.5) is 0 Å². The summed E-state index contributed by atoms with van der Waals surface area (Å²) in [6.07, 6.45) is 4.60. The first-order chi connectivity index (χ1) is 10.8. The lowest BCUT2D eigenvalue weighted by molar-refractivity contribution is -0.140. The van der Waals surface area contributed by atoms with Crippen LogP contribution >= 0.6 is 0 Å². The van der Waals surface area contributed by atoms with E-state index in [0.717, 1.165) is 32.6 Å². The monoisotopic (exact) mass is 335 g/mol. The van der Waals surface area contributed by atoms with Gasteiger partial charge in [-0.1, -0.05) is 6.42 Å². The van der Waals surface area contributed by atoms with Gasteiger partial charge in [0.05, 0.1) is 0 Å². The summed E-state index contributed by atoms with van der Waals surface area (Å²) in [5.74, 6) is -2.49. The van der Waals surface area contributed by atoms with E-state index in [9.17, 15) is 9.59 Å². The second-order valence-electron chi connectivity index (χ2n) is 4.97. The Kier molecular flexibility index (Phi) is 17.1. The quantitative estimate of drug-likeness (QED) is 0.206. The van der Waals surface area contributed by atoms with Gasteiger partial charge in [0.25, 0.3) is 5.97 Å². The molecule has 0 radical (unpaired) electrons. The van der Waals surface area contributed by atoms with Gasteiger partial charge in [0.15, 0.2) is 0 Å². The Morgan fingerprint density at radius 3 is 2.09 bits per heavy atom. The first kappa shape index (κ1) is 23.6. The molecule has 136 valence electrons. The van der Waals surface area contributed by atoms with E-state index in [4.69, 9.17) is 25.8 Å². The van der Waals surface area contributed by atoms with Gasteiger partial charge in [-0.3, -0.25) is 19.8 Å². The Hall–Kier alpha value is -1.71. The van der Waals surface area contributed by atoms with Crippen LogP contribution in [0, 0.1) is 0 Å². The highest BCUT2D eigenvalue weighted by molar-refractivity contribution is 5.73. The zero-order chi connectivity index (χ0) is 18.1. The average Bonchev–Trinajstić information content (AvgIpc) is 2.43. The van der Waals surface area contributed by atoms with E-state index in [1.54, 1.807) is 0 Å². The summed E-state index contributed by atoms with van der Waals surface area (Å²) in [6, 6.07) is -0.606. The third-order valence-corrected chi connectivity index (χ3v) is 2.71. The van der Waals surface area contributed by atoms with E-state index in [-0.39, 0.29) is 6.42 Å². The van der Waals surface area contributed by atoms with Gasteiger partial charge in [0, 0.05) is 19.9 Å². The minimum absolute atomic E-state index is 0.185. The minimum Gasteiger partial charge on any atom is -0.481 e. The van der Waals surface area contributed by atoms with Crippen molar-refractivity contribution >= 4 is 17.9 Å². The summed E-state index contributed by atoms with van der Waals surface area (Å²) in [4.78, 5) is 30.2. The molecule has 0 spiro atoms. The van der Waals surface area contributed by atoms with Crippen LogP contribution in [-0.4, -0.2) is 52.4 Å². The predicted octanol–water partition coefficient (Wildman–Crippen LogP) is 0.399. The number of carboxylic acid groups (broad SMARTS) is 3. The molecule has 7 N–H and O–H groups in total. The first-order valence-corrected chi connectivity index (χ1v) is 7.63. The smallest absolute Gasteiger partial charge is 0.322 e. The Morgan fingerprint density at radius 1 is 1.00 bits per heavy atom. The van der Waals surface area contributed by atoms with Gasteiger partial charge in [-0.25, -0.2) is 5.43 Å². The zero-order valence-electron chi connectivity index (χ0n) is 13.6. The molecule has 0 aromatic carbocycles. The molecule has 0 aromatic rings. The Balaban J connectivity index is 0. The topological polar surface area (TPSA) is 162 Å². The SMILES string of the molecule is CC(=O)O.NCCCC[C@H](NNCCCCCC(=O)O)C(=O)O. The number of hydrogen-bond acceptors (Lipinski definition) is 6. The van der Waals surface area contributed by atoms with Crippen molar-refractivity contribution in [3.8, 4) is 0 Å². The fourth-order valence-electron chi connectivity index (χ4n) is 1.61. The highest BCUT2D eigenvalue weighted by Gasteiger charge is 2.15. The molecule has 9 nitrogen and oxygen atoms in total. The number of unbranched alkanes of at least 4 members (excludes halogenated alkanes) is 3. The van der Waals surface area contributed by atoms with Crippen molar-refractivity contribution in [1.82, 2.24) is 10.9 Å². The summed E-state index contributed by atoms with van der Waals surface area (Å²) in [5, 5.41) is 24.8. The Morgan fingerprint density at radius 2 is 1.61 bits per heavy atom. The van der Waals surface area contributed by atoms with Crippen LogP contribution in [0.3, 0.4) is 0 Å². The van der Waals surface area contributed by atoms with Crippen molar-refractivity contribution in [3.05, 3.63) is 0 Å². The van der Waals surface area contributed by atoms with E-state index in [1.165, 1.54) is 0 Å². The number of carboxylic acids is 3. The van der Waals surface area contributed by atoms with E-state index < -0.39 is 23.9 Å². The number of hydrazine groups is 1. The van der Waals surface area contributed by atoms with Crippen LogP contribution in [0.15, 0.2) is 0 Å². The lowest BCUT2D eigenvalue weighted by Crippen LogP contribution is -2.45. The average molecular weight is 335 g/mol. The van der Waals surface area contributed by atoms with Crippen LogP contribution in [0.5, 0.6) is 0 Å². The molecule has 0 aliphatic carbocycles. The summed E-state index contributed by atoms with van der Waals surface area (Å²) in [5.41, 5.74) is 11.0. The largest absolute Gasteiger partial charge is 0.481 e. The molecule has 0 bridgehead atoms. The summed E-state index contributed by atoms with van der Waals surface area (Å²) >= 11 is 0. The molecule has 0 fully saturated rings. The third kappa shape index (κ3) is 22.7. The molecule has 0 aliphatic heterocycles. The van der Waals surface area contributed by atoms with Gasteiger partial charge in [-0.15, -0.1) is 0 Å². The molecule has 0 rings (SSSR count). The van der Waals surface area contributed by atoms with E-state index in [2.05, 4.69) is 10.9 Å². The molecule has 0 aliphatic rings. The van der Waals surface area contributed by atoms with Crippen molar-refractivity contribution in [3.63, 3.8) is 0 Å². The van der Waals surface area contributed by atoms with Gasteiger partial charge in [0.2, 0.25) is 0 Å². The Bertz CT molecular complexity index is 334.